The summed E-state index contributed by atoms with van der Waals surface area (Å²) in [5.41, 5.74) is 4.77. The Morgan fingerprint density at radius 2 is 1.86 bits per heavy atom. The van der Waals surface area contributed by atoms with Crippen LogP contribution in [-0.2, 0) is 21.4 Å². The van der Waals surface area contributed by atoms with Crippen molar-refractivity contribution in [3.8, 4) is 17.0 Å². The van der Waals surface area contributed by atoms with Crippen LogP contribution in [-0.4, -0.2) is 63.3 Å². The van der Waals surface area contributed by atoms with Crippen molar-refractivity contribution in [3.05, 3.63) is 47.9 Å². The summed E-state index contributed by atoms with van der Waals surface area (Å²) < 4.78 is 55.6. The predicted octanol–water partition coefficient (Wildman–Crippen LogP) is -0.622. The average Bonchev–Trinajstić information content (AvgIpc) is 2.67. The van der Waals surface area contributed by atoms with Gasteiger partial charge in [-0.1, -0.05) is 0 Å². The minimum Gasteiger partial charge on any atom is -0.462 e. The van der Waals surface area contributed by atoms with Gasteiger partial charge in [-0.2, -0.15) is 8.42 Å². The number of nitrogens with zero attached hydrogens (tertiary/aromatic N) is 1. The van der Waals surface area contributed by atoms with Gasteiger partial charge in [-0.25, -0.2) is 4.39 Å². The highest BCUT2D eigenvalue weighted by Crippen LogP contribution is 2.29. The zero-order chi connectivity index (χ0) is 21.3. The largest absolute Gasteiger partial charge is 0.462 e. The van der Waals surface area contributed by atoms with Crippen LogP contribution in [0.1, 0.15) is 5.56 Å². The van der Waals surface area contributed by atoms with Gasteiger partial charge in [-0.05, 0) is 29.8 Å². The Labute approximate surface area is 165 Å². The number of nitrogens with two attached hydrogens (primary N) is 1. The first-order valence-electron chi connectivity index (χ1n) is 8.39. The van der Waals surface area contributed by atoms with Gasteiger partial charge >= 0.3 is 0 Å². The summed E-state index contributed by atoms with van der Waals surface area (Å²) in [6.45, 7) is 0.0461. The summed E-state index contributed by atoms with van der Waals surface area (Å²) >= 11 is 0. The highest BCUT2D eigenvalue weighted by molar-refractivity contribution is 7.86. The number of aliphatic hydroxyl groups is 3. The Hall–Kier alpha value is -2.19. The highest BCUT2D eigenvalue weighted by atomic mass is 32.2. The molecule has 0 spiro atoms. The van der Waals surface area contributed by atoms with Gasteiger partial charge in [0.25, 0.3) is 10.1 Å². The smallest absolute Gasteiger partial charge is 0.295 e. The molecule has 2 heterocycles. The van der Waals surface area contributed by atoms with E-state index < -0.39 is 46.0 Å². The third-order valence-corrected chi connectivity index (χ3v) is 5.34. The molecule has 1 aromatic carbocycles. The Kier molecular flexibility index (Phi) is 6.14. The highest BCUT2D eigenvalue weighted by Gasteiger charge is 2.50. The molecule has 0 saturated carbocycles. The van der Waals surface area contributed by atoms with Gasteiger partial charge in [0, 0.05) is 24.4 Å². The molecule has 2 aromatic rings. The SMILES string of the molecule is NCc1cc(F)ccc1-c1cc(O[C@@H]2OC(S(=O)(=O)O)[C@@H](O)[C@H](O)[C@H]2O)ccn1. The van der Waals surface area contributed by atoms with Gasteiger partial charge in [0.05, 0.1) is 5.69 Å². The monoisotopic (exact) mass is 430 g/mol. The van der Waals surface area contributed by atoms with Crippen molar-refractivity contribution < 1.29 is 42.2 Å². The number of ether oxygens (including phenoxy) is 2. The first-order chi connectivity index (χ1) is 13.6. The number of rotatable bonds is 5. The van der Waals surface area contributed by atoms with Gasteiger partial charge in [0.15, 0.2) is 0 Å². The summed E-state index contributed by atoms with van der Waals surface area (Å²) in [5.74, 6) is -0.409. The fourth-order valence-corrected chi connectivity index (χ4v) is 3.67. The second kappa shape index (κ2) is 8.28. The molecule has 10 nitrogen and oxygen atoms in total. The van der Waals surface area contributed by atoms with Crippen LogP contribution in [0.2, 0.25) is 0 Å². The third kappa shape index (κ3) is 4.53. The molecule has 0 radical (unpaired) electrons. The number of benzene rings is 1. The van der Waals surface area contributed by atoms with Crippen molar-refractivity contribution in [3.63, 3.8) is 0 Å². The lowest BCUT2D eigenvalue weighted by Crippen LogP contribution is -2.61. The molecule has 1 saturated heterocycles. The van der Waals surface area contributed by atoms with E-state index in [1.54, 1.807) is 0 Å². The lowest BCUT2D eigenvalue weighted by atomic mass is 10.0. The first-order valence-corrected chi connectivity index (χ1v) is 9.89. The zero-order valence-corrected chi connectivity index (χ0v) is 15.6. The molecular weight excluding hydrogens is 411 g/mol. The van der Waals surface area contributed by atoms with Gasteiger partial charge in [0.2, 0.25) is 11.7 Å². The van der Waals surface area contributed by atoms with Crippen molar-refractivity contribution in [2.45, 2.75) is 36.6 Å². The lowest BCUT2D eigenvalue weighted by molar-refractivity contribution is -0.254. The van der Waals surface area contributed by atoms with E-state index in [2.05, 4.69) is 4.98 Å². The maximum absolute atomic E-state index is 13.4. The predicted molar refractivity (Wildman–Crippen MR) is 96.4 cm³/mol. The number of aliphatic hydroxyl groups excluding tert-OH is 3. The third-order valence-electron chi connectivity index (χ3n) is 4.37. The number of hydrogen-bond donors (Lipinski definition) is 5. The van der Waals surface area contributed by atoms with Crippen molar-refractivity contribution in [2.24, 2.45) is 5.73 Å². The van der Waals surface area contributed by atoms with Crippen LogP contribution >= 0.6 is 0 Å². The van der Waals surface area contributed by atoms with Crippen molar-refractivity contribution >= 4 is 10.1 Å². The molecule has 1 aromatic heterocycles. The zero-order valence-electron chi connectivity index (χ0n) is 14.8. The maximum atomic E-state index is 13.4. The molecule has 158 valence electrons. The Morgan fingerprint density at radius 3 is 2.52 bits per heavy atom. The summed E-state index contributed by atoms with van der Waals surface area (Å²) in [6.07, 6.45) is -6.24. The van der Waals surface area contributed by atoms with Crippen molar-refractivity contribution in [1.82, 2.24) is 4.98 Å². The number of pyridine rings is 1. The number of hydrogen-bond acceptors (Lipinski definition) is 9. The Bertz CT molecular complexity index is 989. The van der Waals surface area contributed by atoms with Crippen LogP contribution in [0.15, 0.2) is 36.5 Å². The van der Waals surface area contributed by atoms with Crippen LogP contribution in [0.3, 0.4) is 0 Å². The molecule has 5 atom stereocenters. The first kappa shape index (κ1) is 21.5. The molecule has 29 heavy (non-hydrogen) atoms. The van der Waals surface area contributed by atoms with E-state index in [-0.39, 0.29) is 12.3 Å². The maximum Gasteiger partial charge on any atom is 0.295 e. The molecule has 6 N–H and O–H groups in total. The normalized spacial score (nSPS) is 27.6. The minimum atomic E-state index is -4.91. The number of aromatic nitrogens is 1. The van der Waals surface area contributed by atoms with Crippen LogP contribution in [0, 0.1) is 5.82 Å². The molecule has 0 amide bonds. The average molecular weight is 430 g/mol. The minimum absolute atomic E-state index is 0.0461. The standard InChI is InChI=1S/C17H19FN2O8S/c18-9-1-2-11(8(5-9)7-19)12-6-10(3-4-20-12)27-16-14(22)13(21)15(23)17(28-16)29(24,25)26/h1-6,13-17,21-23H,7,19H2,(H,24,25,26)/t13-,14-,15+,16-,17?/m1/s1. The second-order valence-electron chi connectivity index (χ2n) is 6.36. The van der Waals surface area contributed by atoms with Crippen LogP contribution in [0.25, 0.3) is 11.3 Å². The summed E-state index contributed by atoms with van der Waals surface area (Å²) in [7, 11) is -4.91. The van der Waals surface area contributed by atoms with Gasteiger partial charge in [-0.15, -0.1) is 0 Å². The molecule has 1 aliphatic heterocycles. The fourth-order valence-electron chi connectivity index (χ4n) is 2.91. The van der Waals surface area contributed by atoms with Crippen LogP contribution in [0.4, 0.5) is 4.39 Å². The fraction of sp³-hybridized carbons (Fsp3) is 0.353. The summed E-state index contributed by atoms with van der Waals surface area (Å²) in [6, 6.07) is 6.73. The lowest BCUT2D eigenvalue weighted by Gasteiger charge is -2.38. The van der Waals surface area contributed by atoms with Crippen molar-refractivity contribution in [1.29, 1.82) is 0 Å². The van der Waals surface area contributed by atoms with E-state index in [0.29, 0.717) is 16.8 Å². The van der Waals surface area contributed by atoms with E-state index in [0.717, 1.165) is 0 Å². The van der Waals surface area contributed by atoms with E-state index in [1.807, 2.05) is 0 Å². The second-order valence-corrected chi connectivity index (χ2v) is 7.85. The van der Waals surface area contributed by atoms with Gasteiger partial charge < -0.3 is 30.5 Å². The van der Waals surface area contributed by atoms with E-state index in [1.165, 1.54) is 36.5 Å². The number of halogens is 1. The van der Waals surface area contributed by atoms with Gasteiger partial charge in [0.1, 0.15) is 29.9 Å². The van der Waals surface area contributed by atoms with E-state index >= 15 is 0 Å². The molecule has 0 bridgehead atoms. The summed E-state index contributed by atoms with van der Waals surface area (Å²) in [4.78, 5) is 4.15. The molecule has 0 aliphatic carbocycles. The quantitative estimate of drug-likeness (QED) is 0.385. The van der Waals surface area contributed by atoms with E-state index in [9.17, 15) is 28.1 Å². The topological polar surface area (TPSA) is 172 Å². The molecule has 12 heteroatoms. The molecule has 1 fully saturated rings. The van der Waals surface area contributed by atoms with Gasteiger partial charge in [-0.3, -0.25) is 9.54 Å². The molecule has 1 unspecified atom stereocenters. The van der Waals surface area contributed by atoms with Crippen LogP contribution < -0.4 is 10.5 Å². The molecule has 3 rings (SSSR count). The molecule has 1 aliphatic rings. The summed E-state index contributed by atoms with van der Waals surface area (Å²) in [5, 5.41) is 29.6. The van der Waals surface area contributed by atoms with E-state index in [4.69, 9.17) is 19.8 Å². The molecular formula is C17H19FN2O8S. The Morgan fingerprint density at radius 1 is 1.14 bits per heavy atom. The van der Waals surface area contributed by atoms with Crippen molar-refractivity contribution in [2.75, 3.05) is 0 Å². The van der Waals surface area contributed by atoms with Crippen LogP contribution in [0.5, 0.6) is 5.75 Å². The Balaban J connectivity index is 1.88.